The summed E-state index contributed by atoms with van der Waals surface area (Å²) < 4.78 is 5.97. The summed E-state index contributed by atoms with van der Waals surface area (Å²) >= 11 is 0. The van der Waals surface area contributed by atoms with Gasteiger partial charge in [0.1, 0.15) is 0 Å². The molecule has 1 unspecified atom stereocenters. The van der Waals surface area contributed by atoms with Crippen LogP contribution >= 0.6 is 0 Å². The van der Waals surface area contributed by atoms with E-state index in [1.165, 1.54) is 38.6 Å². The molecule has 1 rings (SSSR count). The molecule has 15 heavy (non-hydrogen) atoms. The quantitative estimate of drug-likeness (QED) is 0.732. The van der Waals surface area contributed by atoms with Crippen LogP contribution in [0.1, 0.15) is 59.3 Å². The van der Waals surface area contributed by atoms with Crippen molar-refractivity contribution < 1.29 is 4.74 Å². The van der Waals surface area contributed by atoms with Gasteiger partial charge >= 0.3 is 0 Å². The molecule has 0 aromatic heterocycles. The lowest BCUT2D eigenvalue weighted by Crippen LogP contribution is -2.36. The van der Waals surface area contributed by atoms with Gasteiger partial charge in [0.15, 0.2) is 0 Å². The SMILES string of the molecule is CCCNC1CCC(OC(C)CC)CC1. The van der Waals surface area contributed by atoms with Crippen LogP contribution in [0, 0.1) is 0 Å². The van der Waals surface area contributed by atoms with Gasteiger partial charge in [-0.25, -0.2) is 0 Å². The highest BCUT2D eigenvalue weighted by Crippen LogP contribution is 2.22. The molecule has 0 amide bonds. The summed E-state index contributed by atoms with van der Waals surface area (Å²) in [7, 11) is 0. The van der Waals surface area contributed by atoms with Crippen LogP contribution in [0.4, 0.5) is 0 Å². The largest absolute Gasteiger partial charge is 0.375 e. The van der Waals surface area contributed by atoms with Crippen LogP contribution < -0.4 is 5.32 Å². The third-order valence-corrected chi connectivity index (χ3v) is 3.36. The lowest BCUT2D eigenvalue weighted by atomic mass is 9.92. The van der Waals surface area contributed by atoms with E-state index in [1.54, 1.807) is 0 Å². The van der Waals surface area contributed by atoms with E-state index in [1.807, 2.05) is 0 Å². The van der Waals surface area contributed by atoms with Crippen LogP contribution in [0.5, 0.6) is 0 Å². The number of ether oxygens (including phenoxy) is 1. The minimum Gasteiger partial charge on any atom is -0.375 e. The van der Waals surface area contributed by atoms with Crippen molar-refractivity contribution >= 4 is 0 Å². The average molecular weight is 213 g/mol. The normalized spacial score (nSPS) is 29.0. The Kier molecular flexibility index (Phi) is 6.26. The zero-order valence-corrected chi connectivity index (χ0v) is 10.6. The van der Waals surface area contributed by atoms with Gasteiger partial charge in [-0.3, -0.25) is 0 Å². The molecule has 1 fully saturated rings. The first-order valence-corrected chi connectivity index (χ1v) is 6.65. The standard InChI is InChI=1S/C13H27NO/c1-4-10-14-12-6-8-13(9-7-12)15-11(3)5-2/h11-14H,4-10H2,1-3H3. The van der Waals surface area contributed by atoms with Crippen molar-refractivity contribution in [2.75, 3.05) is 6.54 Å². The number of nitrogens with one attached hydrogen (secondary N) is 1. The van der Waals surface area contributed by atoms with E-state index in [0.717, 1.165) is 12.5 Å². The number of hydrogen-bond donors (Lipinski definition) is 1. The van der Waals surface area contributed by atoms with Gasteiger partial charge in [0.2, 0.25) is 0 Å². The topological polar surface area (TPSA) is 21.3 Å². The predicted octanol–water partition coefficient (Wildman–Crippen LogP) is 3.11. The van der Waals surface area contributed by atoms with Gasteiger partial charge in [0.05, 0.1) is 12.2 Å². The van der Waals surface area contributed by atoms with Crippen molar-refractivity contribution in [3.05, 3.63) is 0 Å². The molecule has 2 heteroatoms. The second kappa shape index (κ2) is 7.24. The summed E-state index contributed by atoms with van der Waals surface area (Å²) in [4.78, 5) is 0. The summed E-state index contributed by atoms with van der Waals surface area (Å²) in [5.41, 5.74) is 0. The summed E-state index contributed by atoms with van der Waals surface area (Å²) in [6.45, 7) is 7.77. The van der Waals surface area contributed by atoms with E-state index in [0.29, 0.717) is 12.2 Å². The zero-order chi connectivity index (χ0) is 11.1. The molecule has 2 nitrogen and oxygen atoms in total. The molecule has 1 aliphatic rings. The molecule has 0 bridgehead atoms. The van der Waals surface area contributed by atoms with Crippen LogP contribution in [-0.2, 0) is 4.74 Å². The van der Waals surface area contributed by atoms with Crippen LogP contribution in [-0.4, -0.2) is 24.8 Å². The maximum Gasteiger partial charge on any atom is 0.0580 e. The number of rotatable bonds is 6. The third kappa shape index (κ3) is 4.98. The maximum atomic E-state index is 5.97. The Morgan fingerprint density at radius 2 is 1.87 bits per heavy atom. The maximum absolute atomic E-state index is 5.97. The highest BCUT2D eigenvalue weighted by Gasteiger charge is 2.21. The highest BCUT2D eigenvalue weighted by atomic mass is 16.5. The third-order valence-electron chi connectivity index (χ3n) is 3.36. The molecule has 0 heterocycles. The average Bonchev–Trinajstić information content (AvgIpc) is 2.28. The molecular weight excluding hydrogens is 186 g/mol. The van der Waals surface area contributed by atoms with Gasteiger partial charge in [-0.1, -0.05) is 13.8 Å². The second-order valence-electron chi connectivity index (χ2n) is 4.78. The molecule has 90 valence electrons. The zero-order valence-electron chi connectivity index (χ0n) is 10.6. The molecule has 1 saturated carbocycles. The van der Waals surface area contributed by atoms with Crippen molar-refractivity contribution in [1.82, 2.24) is 5.32 Å². The van der Waals surface area contributed by atoms with Crippen molar-refractivity contribution in [2.24, 2.45) is 0 Å². The lowest BCUT2D eigenvalue weighted by Gasteiger charge is -2.30. The minimum atomic E-state index is 0.440. The molecular formula is C13H27NO. The van der Waals surface area contributed by atoms with E-state index < -0.39 is 0 Å². The van der Waals surface area contributed by atoms with Crippen molar-refractivity contribution in [2.45, 2.75) is 77.5 Å². The Morgan fingerprint density at radius 1 is 1.20 bits per heavy atom. The Hall–Kier alpha value is -0.0800. The molecule has 0 aromatic rings. The van der Waals surface area contributed by atoms with Gasteiger partial charge in [0.25, 0.3) is 0 Å². The molecule has 1 aliphatic carbocycles. The molecule has 1 atom stereocenters. The van der Waals surface area contributed by atoms with Crippen LogP contribution in [0.25, 0.3) is 0 Å². The minimum absolute atomic E-state index is 0.440. The first-order chi connectivity index (χ1) is 7.26. The summed E-state index contributed by atoms with van der Waals surface area (Å²) in [6.07, 6.45) is 8.41. The molecule has 0 saturated heterocycles. The predicted molar refractivity (Wildman–Crippen MR) is 65.2 cm³/mol. The Morgan fingerprint density at radius 3 is 2.40 bits per heavy atom. The second-order valence-corrected chi connectivity index (χ2v) is 4.78. The molecule has 0 spiro atoms. The van der Waals surface area contributed by atoms with Gasteiger partial charge in [-0.15, -0.1) is 0 Å². The molecule has 0 radical (unpaired) electrons. The smallest absolute Gasteiger partial charge is 0.0580 e. The first-order valence-electron chi connectivity index (χ1n) is 6.65. The van der Waals surface area contributed by atoms with Gasteiger partial charge in [-0.2, -0.15) is 0 Å². The van der Waals surface area contributed by atoms with Crippen molar-refractivity contribution in [1.29, 1.82) is 0 Å². The molecule has 0 aromatic carbocycles. The van der Waals surface area contributed by atoms with Gasteiger partial charge in [0, 0.05) is 6.04 Å². The summed E-state index contributed by atoms with van der Waals surface area (Å²) in [6, 6.07) is 0.752. The van der Waals surface area contributed by atoms with E-state index in [-0.39, 0.29) is 0 Å². The van der Waals surface area contributed by atoms with E-state index >= 15 is 0 Å². The Labute approximate surface area is 94.8 Å². The van der Waals surface area contributed by atoms with Gasteiger partial charge < -0.3 is 10.1 Å². The number of hydrogen-bond acceptors (Lipinski definition) is 2. The monoisotopic (exact) mass is 213 g/mol. The molecule has 0 aliphatic heterocycles. The van der Waals surface area contributed by atoms with Crippen LogP contribution in [0.2, 0.25) is 0 Å². The lowest BCUT2D eigenvalue weighted by molar-refractivity contribution is -0.0260. The molecule has 1 N–H and O–H groups in total. The first kappa shape index (κ1) is 13.0. The van der Waals surface area contributed by atoms with E-state index in [2.05, 4.69) is 26.1 Å². The summed E-state index contributed by atoms with van der Waals surface area (Å²) in [5, 5.41) is 3.60. The van der Waals surface area contributed by atoms with Crippen molar-refractivity contribution in [3.63, 3.8) is 0 Å². The fraction of sp³-hybridized carbons (Fsp3) is 1.00. The fourth-order valence-corrected chi connectivity index (χ4v) is 2.18. The Balaban J connectivity index is 2.12. The van der Waals surface area contributed by atoms with Crippen LogP contribution in [0.3, 0.4) is 0 Å². The van der Waals surface area contributed by atoms with E-state index in [4.69, 9.17) is 4.74 Å². The fourth-order valence-electron chi connectivity index (χ4n) is 2.18. The highest BCUT2D eigenvalue weighted by molar-refractivity contribution is 4.77. The van der Waals surface area contributed by atoms with E-state index in [9.17, 15) is 0 Å². The van der Waals surface area contributed by atoms with Gasteiger partial charge in [-0.05, 0) is 52.0 Å². The Bertz CT molecular complexity index is 153. The summed E-state index contributed by atoms with van der Waals surface area (Å²) in [5.74, 6) is 0. The van der Waals surface area contributed by atoms with Crippen LogP contribution in [0.15, 0.2) is 0 Å². The van der Waals surface area contributed by atoms with Crippen molar-refractivity contribution in [3.8, 4) is 0 Å².